The molecule has 0 amide bonds. The smallest absolute Gasteiger partial charge is 0.156 e. The van der Waals surface area contributed by atoms with Gasteiger partial charge in [0.05, 0.1) is 0 Å². The molecule has 0 saturated heterocycles. The number of carbonyl (C=O) groups excluding carboxylic acids is 1. The number of aryl methyl sites for hydroxylation is 4. The molecule has 0 aliphatic heterocycles. The maximum absolute atomic E-state index is 13.1. The van der Waals surface area contributed by atoms with Gasteiger partial charge in [0.25, 0.3) is 0 Å². The molecule has 0 radical (unpaired) electrons. The van der Waals surface area contributed by atoms with E-state index in [4.69, 9.17) is 4.57 Å². The van der Waals surface area contributed by atoms with Crippen molar-refractivity contribution in [1.29, 1.82) is 0 Å². The molecule has 3 aromatic carbocycles. The number of hydrogen-bond donors (Lipinski definition) is 0. The van der Waals surface area contributed by atoms with Crippen LogP contribution >= 0.6 is 9.12 Å². The van der Waals surface area contributed by atoms with Gasteiger partial charge in [-0.3, -0.25) is 9.36 Å². The predicted molar refractivity (Wildman–Crippen MR) is 158 cm³/mol. The number of benzene rings is 3. The maximum atomic E-state index is 13.1. The van der Waals surface area contributed by atoms with E-state index in [1.54, 1.807) is 15.2 Å². The average molecular weight is 495 g/mol. The van der Waals surface area contributed by atoms with Crippen molar-refractivity contribution in [1.82, 2.24) is 0 Å². The zero-order valence-corrected chi connectivity index (χ0v) is 22.7. The minimum atomic E-state index is -0.0200. The van der Waals surface area contributed by atoms with Crippen molar-refractivity contribution in [3.63, 3.8) is 0 Å². The SMILES string of the molecule is C=Cc1c(C)ccc(C)c1/C=C/C(=O)CC(/C=C/c1c(C)ccc(C)c1C=C)c1ccccc1.O=P. The van der Waals surface area contributed by atoms with Gasteiger partial charge in [0.1, 0.15) is 9.12 Å². The molecular weight excluding hydrogens is 459 g/mol. The van der Waals surface area contributed by atoms with E-state index in [0.29, 0.717) is 6.42 Å². The standard InChI is InChI=1S/C33H34O.HOP/c1-7-30-23(3)14-16-25(5)32(30)20-18-28(27-12-10-9-11-13-27)22-29(34)19-21-33-26(6)17-15-24(4)31(33)8-2;1-2/h7-21,28H,1-2,22H2,3-6H3;2H/b20-18+,21-19+;. The molecule has 3 rings (SSSR count). The Morgan fingerprint density at radius 2 is 1.17 bits per heavy atom. The molecule has 36 heavy (non-hydrogen) atoms. The van der Waals surface area contributed by atoms with Gasteiger partial charge in [0, 0.05) is 12.3 Å². The van der Waals surface area contributed by atoms with Crippen LogP contribution in [0.25, 0.3) is 24.3 Å². The van der Waals surface area contributed by atoms with Gasteiger partial charge in [-0.1, -0.05) is 98.1 Å². The van der Waals surface area contributed by atoms with Crippen LogP contribution in [-0.2, 0) is 9.36 Å². The van der Waals surface area contributed by atoms with Crippen LogP contribution in [0, 0.1) is 27.7 Å². The molecular formula is C33H35O2P. The van der Waals surface area contributed by atoms with Gasteiger partial charge in [-0.15, -0.1) is 0 Å². The maximum Gasteiger partial charge on any atom is 0.156 e. The summed E-state index contributed by atoms with van der Waals surface area (Å²) in [6.45, 7) is 16.3. The van der Waals surface area contributed by atoms with E-state index >= 15 is 0 Å². The van der Waals surface area contributed by atoms with Gasteiger partial charge in [0.15, 0.2) is 5.78 Å². The van der Waals surface area contributed by atoms with Crippen LogP contribution in [0.1, 0.15) is 62.4 Å². The molecule has 0 saturated carbocycles. The Morgan fingerprint density at radius 3 is 1.64 bits per heavy atom. The Morgan fingerprint density at radius 1 is 0.722 bits per heavy atom. The summed E-state index contributed by atoms with van der Waals surface area (Å²) in [5.74, 6) is 0.0766. The molecule has 1 unspecified atom stereocenters. The Hall–Kier alpha value is -3.61. The lowest BCUT2D eigenvalue weighted by Crippen LogP contribution is -2.03. The summed E-state index contributed by atoms with van der Waals surface area (Å²) in [6.07, 6.45) is 12.1. The molecule has 0 spiro atoms. The third-order valence-electron chi connectivity index (χ3n) is 6.43. The summed E-state index contributed by atoms with van der Waals surface area (Å²) >= 11 is 0. The number of ketones is 1. The first kappa shape index (κ1) is 28.6. The monoisotopic (exact) mass is 494 g/mol. The highest BCUT2D eigenvalue weighted by Crippen LogP contribution is 2.27. The van der Waals surface area contributed by atoms with E-state index in [2.05, 4.69) is 89.4 Å². The second kappa shape index (κ2) is 14.1. The molecule has 184 valence electrons. The average Bonchev–Trinajstić information content (AvgIpc) is 2.90. The van der Waals surface area contributed by atoms with Crippen molar-refractivity contribution in [2.75, 3.05) is 0 Å². The van der Waals surface area contributed by atoms with Gasteiger partial charge < -0.3 is 0 Å². The molecule has 0 aliphatic carbocycles. The first-order chi connectivity index (χ1) is 17.3. The van der Waals surface area contributed by atoms with Crippen molar-refractivity contribution in [3.8, 4) is 0 Å². The second-order valence-electron chi connectivity index (χ2n) is 8.84. The third kappa shape index (κ3) is 7.20. The van der Waals surface area contributed by atoms with Gasteiger partial charge in [-0.05, 0) is 83.8 Å². The van der Waals surface area contributed by atoms with Crippen molar-refractivity contribution in [2.24, 2.45) is 0 Å². The van der Waals surface area contributed by atoms with Crippen LogP contribution in [0.3, 0.4) is 0 Å². The van der Waals surface area contributed by atoms with Crippen molar-refractivity contribution < 1.29 is 9.36 Å². The van der Waals surface area contributed by atoms with E-state index in [1.807, 2.05) is 36.4 Å². The Kier molecular flexibility index (Phi) is 11.2. The highest BCUT2D eigenvalue weighted by Gasteiger charge is 2.13. The molecule has 0 heterocycles. The molecule has 0 aromatic heterocycles. The lowest BCUT2D eigenvalue weighted by Gasteiger charge is -2.14. The van der Waals surface area contributed by atoms with Crippen LogP contribution in [-0.4, -0.2) is 5.78 Å². The number of allylic oxidation sites excluding steroid dienone is 2. The molecule has 0 N–H and O–H groups in total. The van der Waals surface area contributed by atoms with E-state index in [1.165, 1.54) is 11.1 Å². The minimum absolute atomic E-state index is 0.0200. The molecule has 0 fully saturated rings. The normalized spacial score (nSPS) is 11.7. The van der Waals surface area contributed by atoms with Gasteiger partial charge in [0.2, 0.25) is 0 Å². The van der Waals surface area contributed by atoms with Crippen LogP contribution in [0.5, 0.6) is 0 Å². The Labute approximate surface area is 218 Å². The summed E-state index contributed by atoms with van der Waals surface area (Å²) < 4.78 is 8.06. The van der Waals surface area contributed by atoms with Crippen molar-refractivity contribution in [3.05, 3.63) is 130 Å². The van der Waals surface area contributed by atoms with E-state index in [-0.39, 0.29) is 11.7 Å². The summed E-state index contributed by atoms with van der Waals surface area (Å²) in [7, 11) is 1.72. The summed E-state index contributed by atoms with van der Waals surface area (Å²) in [4.78, 5) is 13.1. The summed E-state index contributed by atoms with van der Waals surface area (Å²) in [5.41, 5.74) is 10.2. The predicted octanol–water partition coefficient (Wildman–Crippen LogP) is 9.15. The molecule has 3 heteroatoms. The largest absolute Gasteiger partial charge is 0.295 e. The third-order valence-corrected chi connectivity index (χ3v) is 6.43. The van der Waals surface area contributed by atoms with Crippen molar-refractivity contribution in [2.45, 2.75) is 40.0 Å². The fraction of sp³-hybridized carbons (Fsp3) is 0.182. The molecule has 0 bridgehead atoms. The van der Waals surface area contributed by atoms with Crippen LogP contribution in [0.4, 0.5) is 0 Å². The minimum Gasteiger partial charge on any atom is -0.295 e. The fourth-order valence-corrected chi connectivity index (χ4v) is 4.36. The first-order valence-electron chi connectivity index (χ1n) is 12.0. The van der Waals surface area contributed by atoms with Gasteiger partial charge in [-0.25, -0.2) is 0 Å². The van der Waals surface area contributed by atoms with E-state index in [0.717, 1.165) is 38.9 Å². The number of rotatable bonds is 9. The second-order valence-corrected chi connectivity index (χ2v) is 8.84. The molecule has 0 aliphatic rings. The van der Waals surface area contributed by atoms with Crippen LogP contribution in [0.15, 0.2) is 79.9 Å². The highest BCUT2D eigenvalue weighted by atomic mass is 31.0. The molecule has 2 nitrogen and oxygen atoms in total. The molecule has 1 atom stereocenters. The van der Waals surface area contributed by atoms with Crippen molar-refractivity contribution >= 4 is 39.2 Å². The summed E-state index contributed by atoms with van der Waals surface area (Å²) in [6, 6.07) is 18.7. The van der Waals surface area contributed by atoms with E-state index < -0.39 is 0 Å². The molecule has 3 aromatic rings. The van der Waals surface area contributed by atoms with Gasteiger partial charge >= 0.3 is 0 Å². The Bertz CT molecular complexity index is 1280. The zero-order valence-electron chi connectivity index (χ0n) is 21.7. The first-order valence-corrected chi connectivity index (χ1v) is 12.4. The lowest BCUT2D eigenvalue weighted by atomic mass is 9.90. The van der Waals surface area contributed by atoms with E-state index in [9.17, 15) is 4.79 Å². The van der Waals surface area contributed by atoms with Crippen LogP contribution in [0.2, 0.25) is 0 Å². The lowest BCUT2D eigenvalue weighted by molar-refractivity contribution is -0.114. The quantitative estimate of drug-likeness (QED) is 0.219. The summed E-state index contributed by atoms with van der Waals surface area (Å²) in [5, 5.41) is 0. The fourth-order valence-electron chi connectivity index (χ4n) is 4.36. The zero-order chi connectivity index (χ0) is 26.7. The highest BCUT2D eigenvalue weighted by molar-refractivity contribution is 7.00. The topological polar surface area (TPSA) is 34.1 Å². The number of carbonyl (C=O) groups is 1. The van der Waals surface area contributed by atoms with Crippen LogP contribution < -0.4 is 0 Å². The Balaban J connectivity index is 0.00000222. The number of hydrogen-bond acceptors (Lipinski definition) is 2. The van der Waals surface area contributed by atoms with Gasteiger partial charge in [-0.2, -0.15) is 0 Å².